The van der Waals surface area contributed by atoms with E-state index in [4.69, 9.17) is 9.47 Å². The molecule has 0 atom stereocenters. The van der Waals surface area contributed by atoms with Gasteiger partial charge in [0.2, 0.25) is 0 Å². The van der Waals surface area contributed by atoms with Gasteiger partial charge in [0.1, 0.15) is 0 Å². The molecule has 6 nitrogen and oxygen atoms in total. The van der Waals surface area contributed by atoms with Crippen molar-refractivity contribution in [1.29, 1.82) is 0 Å². The molecule has 2 aliphatic heterocycles. The summed E-state index contributed by atoms with van der Waals surface area (Å²) in [5.74, 6) is -0.0223. The molecule has 2 heterocycles. The number of ether oxygens (including phenoxy) is 2. The molecule has 0 unspecified atom stereocenters. The van der Waals surface area contributed by atoms with E-state index < -0.39 is 0 Å². The van der Waals surface area contributed by atoms with Crippen LogP contribution in [0.25, 0.3) is 0 Å². The molecule has 0 radical (unpaired) electrons. The van der Waals surface area contributed by atoms with Crippen molar-refractivity contribution in [3.05, 3.63) is 34.9 Å². The lowest BCUT2D eigenvalue weighted by Crippen LogP contribution is -2.56. The van der Waals surface area contributed by atoms with Gasteiger partial charge < -0.3 is 14.8 Å². The lowest BCUT2D eigenvalue weighted by atomic mass is 10.0. The molecule has 144 valence electrons. The van der Waals surface area contributed by atoms with Gasteiger partial charge in [0.05, 0.1) is 32.5 Å². The highest BCUT2D eigenvalue weighted by Crippen LogP contribution is 2.13. The van der Waals surface area contributed by atoms with E-state index in [1.54, 1.807) is 0 Å². The number of hydrogen-bond acceptors (Lipinski definition) is 5. The maximum Gasteiger partial charge on any atom is 0.251 e. The van der Waals surface area contributed by atoms with Crippen LogP contribution >= 0.6 is 0 Å². The second-order valence-corrected chi connectivity index (χ2v) is 7.18. The van der Waals surface area contributed by atoms with Gasteiger partial charge in [-0.1, -0.05) is 12.1 Å². The van der Waals surface area contributed by atoms with Crippen molar-refractivity contribution in [2.75, 3.05) is 65.7 Å². The van der Waals surface area contributed by atoms with E-state index in [2.05, 4.69) is 15.1 Å². The zero-order valence-corrected chi connectivity index (χ0v) is 16.0. The maximum absolute atomic E-state index is 12.2. The fraction of sp³-hybridized carbons (Fsp3) is 0.650. The fourth-order valence-electron chi connectivity index (χ4n) is 3.41. The highest BCUT2D eigenvalue weighted by Gasteiger charge is 2.28. The largest absolute Gasteiger partial charge is 0.378 e. The van der Waals surface area contributed by atoms with Crippen LogP contribution in [0.5, 0.6) is 0 Å². The topological polar surface area (TPSA) is 54.0 Å². The number of rotatable bonds is 8. The molecule has 0 aromatic heterocycles. The molecule has 0 aliphatic carbocycles. The molecule has 1 aromatic rings. The summed E-state index contributed by atoms with van der Waals surface area (Å²) in [6.07, 6.45) is 0. The highest BCUT2D eigenvalue weighted by molar-refractivity contribution is 5.95. The van der Waals surface area contributed by atoms with Crippen LogP contribution in [-0.2, 0) is 9.47 Å². The summed E-state index contributed by atoms with van der Waals surface area (Å²) in [7, 11) is 0. The number of benzene rings is 1. The molecule has 6 heteroatoms. The van der Waals surface area contributed by atoms with E-state index in [-0.39, 0.29) is 5.91 Å². The van der Waals surface area contributed by atoms with Crippen LogP contribution in [0.4, 0.5) is 0 Å². The number of carbonyl (C=O) groups excluding carboxylic acids is 1. The molecule has 1 N–H and O–H groups in total. The molecule has 3 rings (SSSR count). The Morgan fingerprint density at radius 1 is 1.19 bits per heavy atom. The van der Waals surface area contributed by atoms with Crippen LogP contribution in [0.3, 0.4) is 0 Å². The van der Waals surface area contributed by atoms with E-state index in [0.29, 0.717) is 25.8 Å². The molecule has 1 amide bonds. The van der Waals surface area contributed by atoms with Crippen LogP contribution in [0.1, 0.15) is 21.5 Å². The van der Waals surface area contributed by atoms with Crippen molar-refractivity contribution in [2.24, 2.45) is 0 Å². The minimum absolute atomic E-state index is 0.0223. The Kier molecular flexibility index (Phi) is 7.02. The summed E-state index contributed by atoms with van der Waals surface area (Å²) in [5, 5.41) is 2.94. The summed E-state index contributed by atoms with van der Waals surface area (Å²) in [5.41, 5.74) is 2.93. The van der Waals surface area contributed by atoms with Crippen molar-refractivity contribution in [3.8, 4) is 0 Å². The molecule has 26 heavy (non-hydrogen) atoms. The normalized spacial score (nSPS) is 19.3. The van der Waals surface area contributed by atoms with E-state index in [1.165, 1.54) is 0 Å². The van der Waals surface area contributed by atoms with Crippen molar-refractivity contribution in [1.82, 2.24) is 15.1 Å². The van der Waals surface area contributed by atoms with Gasteiger partial charge in [0.25, 0.3) is 5.91 Å². The Balaban J connectivity index is 1.24. The van der Waals surface area contributed by atoms with Gasteiger partial charge in [-0.3, -0.25) is 14.6 Å². The van der Waals surface area contributed by atoms with Gasteiger partial charge >= 0.3 is 0 Å². The summed E-state index contributed by atoms with van der Waals surface area (Å²) in [6.45, 7) is 13.0. The minimum Gasteiger partial charge on any atom is -0.378 e. The Morgan fingerprint density at radius 3 is 2.65 bits per heavy atom. The molecule has 0 saturated carbocycles. The third-order valence-corrected chi connectivity index (χ3v) is 5.48. The lowest BCUT2D eigenvalue weighted by Gasteiger charge is -2.42. The maximum atomic E-state index is 12.2. The number of nitrogens with one attached hydrogen (secondary N) is 1. The Hall–Kier alpha value is -1.47. The SMILES string of the molecule is Cc1cccc(C(=O)NCCOCCN2CCN(C3COC3)CC2)c1C. The number of piperazine rings is 1. The molecule has 0 bridgehead atoms. The predicted molar refractivity (Wildman–Crippen MR) is 102 cm³/mol. The Labute approximate surface area is 156 Å². The van der Waals surface area contributed by atoms with Gasteiger partial charge in [-0.05, 0) is 31.0 Å². The van der Waals surface area contributed by atoms with Gasteiger partial charge in [-0.15, -0.1) is 0 Å². The molecular formula is C20H31N3O3. The summed E-state index contributed by atoms with van der Waals surface area (Å²) in [6, 6.07) is 6.46. The molecule has 0 spiro atoms. The molecular weight excluding hydrogens is 330 g/mol. The quantitative estimate of drug-likeness (QED) is 0.702. The zero-order chi connectivity index (χ0) is 18.4. The third-order valence-electron chi connectivity index (χ3n) is 5.48. The van der Waals surface area contributed by atoms with Crippen molar-refractivity contribution in [2.45, 2.75) is 19.9 Å². The smallest absolute Gasteiger partial charge is 0.251 e. The first kappa shape index (κ1) is 19.3. The van der Waals surface area contributed by atoms with E-state index >= 15 is 0 Å². The Bertz CT molecular complexity index is 596. The van der Waals surface area contributed by atoms with Crippen molar-refractivity contribution >= 4 is 5.91 Å². The van der Waals surface area contributed by atoms with Crippen molar-refractivity contribution < 1.29 is 14.3 Å². The van der Waals surface area contributed by atoms with Crippen LogP contribution in [0.15, 0.2) is 18.2 Å². The van der Waals surface area contributed by atoms with Gasteiger partial charge in [-0.25, -0.2) is 0 Å². The van der Waals surface area contributed by atoms with Crippen LogP contribution in [-0.4, -0.2) is 87.4 Å². The molecule has 2 saturated heterocycles. The van der Waals surface area contributed by atoms with Gasteiger partial charge in [0, 0.05) is 44.8 Å². The van der Waals surface area contributed by atoms with E-state index in [0.717, 1.165) is 62.6 Å². The predicted octanol–water partition coefficient (Wildman–Crippen LogP) is 1.07. The fourth-order valence-corrected chi connectivity index (χ4v) is 3.41. The second-order valence-electron chi connectivity index (χ2n) is 7.18. The van der Waals surface area contributed by atoms with Crippen molar-refractivity contribution in [3.63, 3.8) is 0 Å². The first-order valence-corrected chi connectivity index (χ1v) is 9.61. The summed E-state index contributed by atoms with van der Waals surface area (Å²) >= 11 is 0. The first-order chi connectivity index (χ1) is 12.6. The zero-order valence-electron chi connectivity index (χ0n) is 16.0. The van der Waals surface area contributed by atoms with E-state index in [9.17, 15) is 4.79 Å². The second kappa shape index (κ2) is 9.46. The standard InChI is InChI=1S/C20H31N3O3/c1-16-4-3-5-19(17(16)2)20(24)21-6-12-25-13-11-22-7-9-23(10-8-22)18-14-26-15-18/h3-5,18H,6-15H2,1-2H3,(H,21,24). The first-order valence-electron chi connectivity index (χ1n) is 9.61. The highest BCUT2D eigenvalue weighted by atomic mass is 16.5. The monoisotopic (exact) mass is 361 g/mol. The molecule has 2 fully saturated rings. The lowest BCUT2D eigenvalue weighted by molar-refractivity contribution is -0.0779. The average Bonchev–Trinajstić information content (AvgIpc) is 2.60. The van der Waals surface area contributed by atoms with Gasteiger partial charge in [-0.2, -0.15) is 0 Å². The third kappa shape index (κ3) is 5.04. The van der Waals surface area contributed by atoms with Gasteiger partial charge in [0.15, 0.2) is 0 Å². The van der Waals surface area contributed by atoms with Crippen LogP contribution in [0, 0.1) is 13.8 Å². The number of aryl methyl sites for hydroxylation is 1. The summed E-state index contributed by atoms with van der Waals surface area (Å²) < 4.78 is 11.0. The number of amides is 1. The van der Waals surface area contributed by atoms with E-state index in [1.807, 2.05) is 32.0 Å². The number of carbonyl (C=O) groups is 1. The Morgan fingerprint density at radius 2 is 1.96 bits per heavy atom. The molecule has 1 aromatic carbocycles. The minimum atomic E-state index is -0.0223. The number of hydrogen-bond donors (Lipinski definition) is 1. The van der Waals surface area contributed by atoms with Crippen LogP contribution < -0.4 is 5.32 Å². The summed E-state index contributed by atoms with van der Waals surface area (Å²) in [4.78, 5) is 17.2. The molecule has 2 aliphatic rings. The van der Waals surface area contributed by atoms with Crippen LogP contribution in [0.2, 0.25) is 0 Å². The number of nitrogens with zero attached hydrogens (tertiary/aromatic N) is 2. The average molecular weight is 361 g/mol.